The molecule has 0 fully saturated rings. The molecule has 0 radical (unpaired) electrons. The normalized spacial score (nSPS) is 18.8. The molecule has 0 aliphatic heterocycles. The number of rotatable bonds is 9. The van der Waals surface area contributed by atoms with Gasteiger partial charge in [0, 0.05) is 6.42 Å². The van der Waals surface area contributed by atoms with E-state index in [0.717, 1.165) is 17.6 Å². The van der Waals surface area contributed by atoms with Crippen molar-refractivity contribution < 1.29 is 32.5 Å². The molecule has 1 aromatic carbocycles. The van der Waals surface area contributed by atoms with Gasteiger partial charge in [0.05, 0.1) is 39.4 Å². The summed E-state index contributed by atoms with van der Waals surface area (Å²) in [4.78, 5) is 0.259. The fraction of sp³-hybridized carbons (Fsp3) is 0.429. The van der Waals surface area contributed by atoms with Crippen LogP contribution in [0.25, 0.3) is 6.08 Å². The minimum atomic E-state index is -3.83. The first-order valence-corrected chi connectivity index (χ1v) is 13.5. The van der Waals surface area contributed by atoms with E-state index in [9.17, 15) is 13.5 Å². The topological polar surface area (TPSA) is 103 Å². The molecule has 0 amide bonds. The number of aliphatic hydroxyl groups is 1. The molecule has 37 heavy (non-hydrogen) atoms. The van der Waals surface area contributed by atoms with Crippen molar-refractivity contribution in [2.75, 3.05) is 28.4 Å². The molecule has 1 unspecified atom stereocenters. The Balaban J connectivity index is 1.95. The van der Waals surface area contributed by atoms with Crippen LogP contribution in [0.3, 0.4) is 0 Å². The molecule has 1 aromatic rings. The van der Waals surface area contributed by atoms with Gasteiger partial charge in [0.15, 0.2) is 17.3 Å². The van der Waals surface area contributed by atoms with Crippen LogP contribution in [0.4, 0.5) is 0 Å². The molecular formula is C28H37NO7S. The minimum Gasteiger partial charge on any atom is -0.504 e. The average Bonchev–Trinajstić information content (AvgIpc) is 2.87. The number of allylic oxidation sites excluding steroid dienone is 4. The summed E-state index contributed by atoms with van der Waals surface area (Å²) < 4.78 is 51.2. The molecule has 2 N–H and O–H groups in total. The van der Waals surface area contributed by atoms with Gasteiger partial charge < -0.3 is 24.1 Å². The summed E-state index contributed by atoms with van der Waals surface area (Å²) in [7, 11) is 2.22. The smallest absolute Gasteiger partial charge is 0.240 e. The van der Waals surface area contributed by atoms with Crippen LogP contribution in [-0.4, -0.2) is 48.0 Å². The summed E-state index contributed by atoms with van der Waals surface area (Å²) in [5.41, 5.74) is 2.29. The molecule has 0 saturated carbocycles. The number of aliphatic hydroxyl groups excluding tert-OH is 1. The summed E-state index contributed by atoms with van der Waals surface area (Å²) in [6.45, 7) is 6.24. The Bertz CT molecular complexity index is 1250. The quantitative estimate of drug-likeness (QED) is 0.439. The number of sulfonamides is 1. The summed E-state index contributed by atoms with van der Waals surface area (Å²) in [5.74, 6) is 1.71. The maximum atomic E-state index is 13.4. The molecular weight excluding hydrogens is 494 g/mol. The van der Waals surface area contributed by atoms with E-state index >= 15 is 0 Å². The van der Waals surface area contributed by atoms with Gasteiger partial charge in [0.2, 0.25) is 15.8 Å². The van der Waals surface area contributed by atoms with Crippen LogP contribution in [0.2, 0.25) is 0 Å². The van der Waals surface area contributed by atoms with Gasteiger partial charge in [-0.3, -0.25) is 0 Å². The Kier molecular flexibility index (Phi) is 8.81. The molecule has 2 aliphatic carbocycles. The van der Waals surface area contributed by atoms with Crippen molar-refractivity contribution in [3.63, 3.8) is 0 Å². The van der Waals surface area contributed by atoms with Crippen molar-refractivity contribution in [2.45, 2.75) is 46.1 Å². The van der Waals surface area contributed by atoms with Crippen LogP contribution in [0.5, 0.6) is 17.2 Å². The molecule has 1 atom stereocenters. The van der Waals surface area contributed by atoms with Crippen LogP contribution in [0, 0.1) is 5.41 Å². The number of benzene rings is 1. The molecule has 2 aliphatic rings. The Labute approximate surface area is 220 Å². The molecule has 8 nitrogen and oxygen atoms in total. The minimum absolute atomic E-state index is 0.0470. The fourth-order valence-electron chi connectivity index (χ4n) is 4.31. The van der Waals surface area contributed by atoms with Crippen molar-refractivity contribution in [2.24, 2.45) is 5.41 Å². The highest BCUT2D eigenvalue weighted by Crippen LogP contribution is 2.39. The third kappa shape index (κ3) is 6.59. The highest BCUT2D eigenvalue weighted by molar-refractivity contribution is 7.93. The van der Waals surface area contributed by atoms with Crippen LogP contribution in [-0.2, 0) is 14.8 Å². The lowest BCUT2D eigenvalue weighted by Crippen LogP contribution is -2.38. The molecule has 3 rings (SSSR count). The number of hydrogen-bond donors (Lipinski definition) is 2. The van der Waals surface area contributed by atoms with Gasteiger partial charge in [-0.2, -0.15) is 0 Å². The van der Waals surface area contributed by atoms with Gasteiger partial charge in [0.1, 0.15) is 5.76 Å². The first-order chi connectivity index (χ1) is 17.4. The maximum absolute atomic E-state index is 13.4. The van der Waals surface area contributed by atoms with Gasteiger partial charge in [-0.1, -0.05) is 44.6 Å². The standard InChI is InChI=1S/C28H37NO7S/c1-28(2,3)20-9-8-10-21(16-20)37(31,32)29-22-17-24(33-4)23(30)15-19(22)12-11-18-13-25(34-5)27(36-7)26(14-18)35-6/h10-16,22,29-30H,8-9,17H2,1-7H3/b12-11-. The van der Waals surface area contributed by atoms with Crippen molar-refractivity contribution in [1.82, 2.24) is 4.72 Å². The van der Waals surface area contributed by atoms with E-state index in [1.807, 2.05) is 0 Å². The number of ether oxygens (including phenoxy) is 4. The first kappa shape index (κ1) is 28.4. The third-order valence-corrected chi connectivity index (χ3v) is 7.93. The van der Waals surface area contributed by atoms with E-state index in [2.05, 4.69) is 25.5 Å². The van der Waals surface area contributed by atoms with Gasteiger partial charge in [-0.25, -0.2) is 13.1 Å². The Morgan fingerprint density at radius 2 is 1.62 bits per heavy atom. The van der Waals surface area contributed by atoms with Gasteiger partial charge in [-0.15, -0.1) is 0 Å². The first-order valence-electron chi connectivity index (χ1n) is 12.0. The highest BCUT2D eigenvalue weighted by Gasteiger charge is 2.30. The molecule has 0 aromatic heterocycles. The summed E-state index contributed by atoms with van der Waals surface area (Å²) in [5, 5.41) is 10.4. The molecule has 0 heterocycles. The zero-order valence-electron chi connectivity index (χ0n) is 22.5. The molecule has 9 heteroatoms. The van der Waals surface area contributed by atoms with E-state index in [0.29, 0.717) is 35.0 Å². The molecule has 202 valence electrons. The second kappa shape index (κ2) is 11.5. The van der Waals surface area contributed by atoms with Crippen LogP contribution in [0.1, 0.15) is 45.6 Å². The SMILES string of the molecule is COC1=C(O)C=C(/C=C\c2cc(OC)c(OC)c(OC)c2)C(NS(=O)(=O)C2=CCCC(C(C)(C)C)=C2)C1. The highest BCUT2D eigenvalue weighted by atomic mass is 32.2. The lowest BCUT2D eigenvalue weighted by Gasteiger charge is -2.28. The van der Waals surface area contributed by atoms with Crippen molar-refractivity contribution in [3.8, 4) is 17.2 Å². The molecule has 0 bridgehead atoms. The lowest BCUT2D eigenvalue weighted by atomic mass is 9.82. The molecule has 0 spiro atoms. The van der Waals surface area contributed by atoms with E-state index in [4.69, 9.17) is 18.9 Å². The van der Waals surface area contributed by atoms with Gasteiger partial charge in [0.25, 0.3) is 0 Å². The largest absolute Gasteiger partial charge is 0.504 e. The predicted octanol–water partition coefficient (Wildman–Crippen LogP) is 5.41. The fourth-order valence-corrected chi connectivity index (χ4v) is 5.67. The van der Waals surface area contributed by atoms with Crippen molar-refractivity contribution >= 4 is 16.1 Å². The Morgan fingerprint density at radius 3 is 2.16 bits per heavy atom. The van der Waals surface area contributed by atoms with Gasteiger partial charge >= 0.3 is 0 Å². The van der Waals surface area contributed by atoms with Gasteiger partial charge in [-0.05, 0) is 53.7 Å². The van der Waals surface area contributed by atoms with Crippen molar-refractivity contribution in [3.05, 3.63) is 69.6 Å². The third-order valence-electron chi connectivity index (χ3n) is 6.43. The number of nitrogens with one attached hydrogen (secondary N) is 1. The zero-order valence-corrected chi connectivity index (χ0v) is 23.4. The van der Waals surface area contributed by atoms with Crippen LogP contribution >= 0.6 is 0 Å². The van der Waals surface area contributed by atoms with E-state index in [1.165, 1.54) is 34.5 Å². The van der Waals surface area contributed by atoms with E-state index < -0.39 is 16.1 Å². The van der Waals surface area contributed by atoms with E-state index in [1.54, 1.807) is 36.4 Å². The number of hydrogen-bond acceptors (Lipinski definition) is 7. The van der Waals surface area contributed by atoms with Crippen molar-refractivity contribution in [1.29, 1.82) is 0 Å². The molecule has 0 saturated heterocycles. The van der Waals surface area contributed by atoms with E-state index in [-0.39, 0.29) is 22.5 Å². The Morgan fingerprint density at radius 1 is 0.973 bits per heavy atom. The summed E-state index contributed by atoms with van der Waals surface area (Å²) in [6, 6.07) is 2.91. The Hall–Kier alpha value is -3.17. The predicted molar refractivity (Wildman–Crippen MR) is 145 cm³/mol. The van der Waals surface area contributed by atoms with Crippen LogP contribution < -0.4 is 18.9 Å². The summed E-state index contributed by atoms with van der Waals surface area (Å²) >= 11 is 0. The second-order valence-electron chi connectivity index (χ2n) is 9.89. The maximum Gasteiger partial charge on any atom is 0.240 e. The lowest BCUT2D eigenvalue weighted by molar-refractivity contribution is 0.238. The second-order valence-corrected chi connectivity index (χ2v) is 11.6. The number of methoxy groups -OCH3 is 4. The summed E-state index contributed by atoms with van der Waals surface area (Å²) in [6.07, 6.45) is 10.2. The monoisotopic (exact) mass is 531 g/mol. The zero-order chi connectivity index (χ0) is 27.4. The van der Waals surface area contributed by atoms with Crippen LogP contribution in [0.15, 0.2) is 64.0 Å². The average molecular weight is 532 g/mol.